The Labute approximate surface area is 79.4 Å². The molecule has 0 saturated heterocycles. The van der Waals surface area contributed by atoms with Crippen LogP contribution in [0.2, 0.25) is 0 Å². The van der Waals surface area contributed by atoms with Crippen molar-refractivity contribution in [3.63, 3.8) is 0 Å². The molecular weight excluding hydrogens is 160 g/mol. The number of hydrogen-bond donors (Lipinski definition) is 0. The maximum absolute atomic E-state index is 8.47. The zero-order chi connectivity index (χ0) is 9.68. The SMILES string of the molecule is Cc1ccc(CN(C)CC#N)cc1. The number of nitriles is 1. The third-order valence-electron chi connectivity index (χ3n) is 1.91. The van der Waals surface area contributed by atoms with Crippen LogP contribution in [0.15, 0.2) is 24.3 Å². The fourth-order valence-electron chi connectivity index (χ4n) is 1.18. The molecule has 68 valence electrons. The first-order valence-electron chi connectivity index (χ1n) is 4.33. The maximum atomic E-state index is 8.47. The average Bonchev–Trinajstić information content (AvgIpc) is 2.09. The molecule has 13 heavy (non-hydrogen) atoms. The zero-order valence-electron chi connectivity index (χ0n) is 8.12. The molecule has 2 heteroatoms. The molecule has 0 unspecified atom stereocenters. The molecule has 0 aliphatic rings. The van der Waals surface area contributed by atoms with Crippen molar-refractivity contribution in [1.29, 1.82) is 5.26 Å². The van der Waals surface area contributed by atoms with E-state index in [1.807, 2.05) is 11.9 Å². The Balaban J connectivity index is 2.55. The van der Waals surface area contributed by atoms with Crippen LogP contribution in [0.4, 0.5) is 0 Å². The molecule has 1 rings (SSSR count). The standard InChI is InChI=1S/C11H14N2/c1-10-3-5-11(6-4-10)9-13(2)8-7-12/h3-6H,8-9H2,1-2H3. The quantitative estimate of drug-likeness (QED) is 0.655. The van der Waals surface area contributed by atoms with Crippen molar-refractivity contribution >= 4 is 0 Å². The summed E-state index contributed by atoms with van der Waals surface area (Å²) in [5.41, 5.74) is 2.52. The summed E-state index contributed by atoms with van der Waals surface area (Å²) in [6.45, 7) is 3.39. The molecule has 0 spiro atoms. The lowest BCUT2D eigenvalue weighted by Gasteiger charge is -2.11. The van der Waals surface area contributed by atoms with Crippen LogP contribution >= 0.6 is 0 Å². The Bertz CT molecular complexity index is 295. The van der Waals surface area contributed by atoms with Crippen LogP contribution in [-0.4, -0.2) is 18.5 Å². The molecule has 0 aliphatic heterocycles. The van der Waals surface area contributed by atoms with Crippen LogP contribution in [0.25, 0.3) is 0 Å². The number of aryl methyl sites for hydroxylation is 1. The highest BCUT2D eigenvalue weighted by atomic mass is 15.1. The summed E-state index contributed by atoms with van der Waals surface area (Å²) in [5.74, 6) is 0. The summed E-state index contributed by atoms with van der Waals surface area (Å²) in [7, 11) is 1.95. The minimum absolute atomic E-state index is 0.480. The molecule has 0 aliphatic carbocycles. The smallest absolute Gasteiger partial charge is 0.0866 e. The van der Waals surface area contributed by atoms with Gasteiger partial charge < -0.3 is 0 Å². The Morgan fingerprint density at radius 3 is 2.46 bits per heavy atom. The second kappa shape index (κ2) is 4.64. The molecule has 0 saturated carbocycles. The highest BCUT2D eigenvalue weighted by Gasteiger charge is 1.97. The Hall–Kier alpha value is -1.33. The summed E-state index contributed by atoms with van der Waals surface area (Å²) >= 11 is 0. The highest BCUT2D eigenvalue weighted by molar-refractivity contribution is 5.21. The van der Waals surface area contributed by atoms with Crippen molar-refractivity contribution in [1.82, 2.24) is 4.90 Å². The summed E-state index contributed by atoms with van der Waals surface area (Å²) in [5, 5.41) is 8.47. The van der Waals surface area contributed by atoms with Gasteiger partial charge in [-0.1, -0.05) is 29.8 Å². The zero-order valence-corrected chi connectivity index (χ0v) is 8.12. The summed E-state index contributed by atoms with van der Waals surface area (Å²) in [6.07, 6.45) is 0. The molecule has 1 aromatic rings. The van der Waals surface area contributed by atoms with E-state index in [9.17, 15) is 0 Å². The van der Waals surface area contributed by atoms with E-state index < -0.39 is 0 Å². The van der Waals surface area contributed by atoms with Gasteiger partial charge in [0.2, 0.25) is 0 Å². The third kappa shape index (κ3) is 3.27. The van der Waals surface area contributed by atoms with Crippen molar-refractivity contribution in [3.05, 3.63) is 35.4 Å². The van der Waals surface area contributed by atoms with Gasteiger partial charge in [-0.25, -0.2) is 0 Å². The van der Waals surface area contributed by atoms with Crippen molar-refractivity contribution in [2.45, 2.75) is 13.5 Å². The Morgan fingerprint density at radius 2 is 1.92 bits per heavy atom. The van der Waals surface area contributed by atoms with Crippen LogP contribution in [0.1, 0.15) is 11.1 Å². The van der Waals surface area contributed by atoms with Gasteiger partial charge in [-0.05, 0) is 19.5 Å². The molecular formula is C11H14N2. The molecule has 0 fully saturated rings. The predicted molar refractivity (Wildman–Crippen MR) is 53.1 cm³/mol. The largest absolute Gasteiger partial charge is 0.289 e. The van der Waals surface area contributed by atoms with Crippen molar-refractivity contribution in [2.24, 2.45) is 0 Å². The van der Waals surface area contributed by atoms with Gasteiger partial charge in [-0.15, -0.1) is 0 Å². The summed E-state index contributed by atoms with van der Waals surface area (Å²) < 4.78 is 0. The molecule has 0 bridgehead atoms. The van der Waals surface area contributed by atoms with E-state index in [2.05, 4.69) is 37.3 Å². The van der Waals surface area contributed by atoms with Gasteiger partial charge in [0, 0.05) is 6.54 Å². The van der Waals surface area contributed by atoms with E-state index in [-0.39, 0.29) is 0 Å². The van der Waals surface area contributed by atoms with Gasteiger partial charge in [0.25, 0.3) is 0 Å². The Kier molecular flexibility index (Phi) is 3.48. The second-order valence-electron chi connectivity index (χ2n) is 3.32. The molecule has 0 heterocycles. The van der Waals surface area contributed by atoms with E-state index in [4.69, 9.17) is 5.26 Å². The van der Waals surface area contributed by atoms with Crippen LogP contribution in [0.3, 0.4) is 0 Å². The Morgan fingerprint density at radius 1 is 1.31 bits per heavy atom. The molecule has 1 aromatic carbocycles. The number of rotatable bonds is 3. The summed E-state index contributed by atoms with van der Waals surface area (Å²) in [6, 6.07) is 10.5. The van der Waals surface area contributed by atoms with Gasteiger partial charge in [-0.2, -0.15) is 5.26 Å². The minimum Gasteiger partial charge on any atom is -0.289 e. The van der Waals surface area contributed by atoms with Gasteiger partial charge in [0.1, 0.15) is 0 Å². The molecule has 2 nitrogen and oxygen atoms in total. The van der Waals surface area contributed by atoms with Crippen LogP contribution in [0.5, 0.6) is 0 Å². The van der Waals surface area contributed by atoms with E-state index in [1.54, 1.807) is 0 Å². The van der Waals surface area contributed by atoms with E-state index in [0.717, 1.165) is 6.54 Å². The average molecular weight is 174 g/mol. The fourth-order valence-corrected chi connectivity index (χ4v) is 1.18. The van der Waals surface area contributed by atoms with E-state index in [1.165, 1.54) is 11.1 Å². The molecule has 0 N–H and O–H groups in total. The molecule has 0 amide bonds. The fraction of sp³-hybridized carbons (Fsp3) is 0.364. The first kappa shape index (κ1) is 9.76. The minimum atomic E-state index is 0.480. The highest BCUT2D eigenvalue weighted by Crippen LogP contribution is 2.05. The van der Waals surface area contributed by atoms with Crippen LogP contribution < -0.4 is 0 Å². The maximum Gasteiger partial charge on any atom is 0.0866 e. The second-order valence-corrected chi connectivity index (χ2v) is 3.32. The molecule has 0 aromatic heterocycles. The lowest BCUT2D eigenvalue weighted by atomic mass is 10.1. The van der Waals surface area contributed by atoms with Crippen molar-refractivity contribution in [2.75, 3.05) is 13.6 Å². The van der Waals surface area contributed by atoms with Gasteiger partial charge in [0.05, 0.1) is 12.6 Å². The number of benzene rings is 1. The molecule has 0 atom stereocenters. The lowest BCUT2D eigenvalue weighted by Crippen LogP contribution is -2.17. The van der Waals surface area contributed by atoms with E-state index in [0.29, 0.717) is 6.54 Å². The predicted octanol–water partition coefficient (Wildman–Crippen LogP) is 1.95. The van der Waals surface area contributed by atoms with Crippen molar-refractivity contribution < 1.29 is 0 Å². The topological polar surface area (TPSA) is 27.0 Å². The van der Waals surface area contributed by atoms with Gasteiger partial charge >= 0.3 is 0 Å². The normalized spacial score (nSPS) is 10.0. The van der Waals surface area contributed by atoms with Gasteiger partial charge in [0.15, 0.2) is 0 Å². The van der Waals surface area contributed by atoms with Crippen LogP contribution in [0, 0.1) is 18.3 Å². The first-order valence-corrected chi connectivity index (χ1v) is 4.33. The van der Waals surface area contributed by atoms with Crippen LogP contribution in [-0.2, 0) is 6.54 Å². The first-order chi connectivity index (χ1) is 6.22. The third-order valence-corrected chi connectivity index (χ3v) is 1.91. The van der Waals surface area contributed by atoms with Gasteiger partial charge in [-0.3, -0.25) is 4.90 Å². The number of hydrogen-bond acceptors (Lipinski definition) is 2. The lowest BCUT2D eigenvalue weighted by molar-refractivity contribution is 0.367. The monoisotopic (exact) mass is 174 g/mol. The number of nitrogens with zero attached hydrogens (tertiary/aromatic N) is 2. The van der Waals surface area contributed by atoms with E-state index >= 15 is 0 Å². The van der Waals surface area contributed by atoms with Crippen molar-refractivity contribution in [3.8, 4) is 6.07 Å². The molecule has 0 radical (unpaired) electrons. The summed E-state index contributed by atoms with van der Waals surface area (Å²) in [4.78, 5) is 1.99.